The first-order valence-corrected chi connectivity index (χ1v) is 7.63. The molecule has 0 atom stereocenters. The Balaban J connectivity index is 1.56. The maximum atomic E-state index is 12.1. The number of nitrogens with zero attached hydrogens (tertiary/aromatic N) is 1. The van der Waals surface area contributed by atoms with E-state index >= 15 is 0 Å². The van der Waals surface area contributed by atoms with Crippen molar-refractivity contribution in [3.63, 3.8) is 0 Å². The monoisotopic (exact) mass is 326 g/mol. The summed E-state index contributed by atoms with van der Waals surface area (Å²) in [5.41, 5.74) is 1.73. The van der Waals surface area contributed by atoms with Gasteiger partial charge in [-0.1, -0.05) is 0 Å². The minimum Gasteiger partial charge on any atom is -0.481 e. The molecule has 1 aromatic heterocycles. The highest BCUT2D eigenvalue weighted by molar-refractivity contribution is 6.04. The van der Waals surface area contributed by atoms with E-state index in [1.807, 2.05) is 0 Å². The van der Waals surface area contributed by atoms with Gasteiger partial charge in [-0.25, -0.2) is 9.78 Å². The van der Waals surface area contributed by atoms with Crippen LogP contribution >= 0.6 is 0 Å². The first kappa shape index (κ1) is 15.8. The number of rotatable bonds is 5. The van der Waals surface area contributed by atoms with E-state index in [1.54, 1.807) is 36.4 Å². The largest absolute Gasteiger partial charge is 0.481 e. The number of methoxy groups -OCH3 is 1. The Morgan fingerprint density at radius 1 is 1.04 bits per heavy atom. The number of anilines is 2. The molecule has 1 fully saturated rings. The van der Waals surface area contributed by atoms with Gasteiger partial charge in [-0.15, -0.1) is 0 Å². The molecule has 3 rings (SSSR count). The fourth-order valence-corrected chi connectivity index (χ4v) is 2.06. The summed E-state index contributed by atoms with van der Waals surface area (Å²) in [6.07, 6.45) is 3.53. The van der Waals surface area contributed by atoms with Gasteiger partial charge in [0.15, 0.2) is 0 Å². The number of ether oxygens (including phenoxy) is 1. The third-order valence-electron chi connectivity index (χ3n) is 3.52. The smallest absolute Gasteiger partial charge is 0.319 e. The predicted octanol–water partition coefficient (Wildman–Crippen LogP) is 2.63. The van der Waals surface area contributed by atoms with E-state index in [0.29, 0.717) is 28.9 Å². The molecule has 0 spiro atoms. The van der Waals surface area contributed by atoms with Crippen molar-refractivity contribution in [1.82, 2.24) is 10.3 Å². The standard InChI is InChI=1S/C17H18N4O3/c1-24-15-9-2-11(10-18-15)16(22)19-12-3-5-13(6-4-12)20-17(23)21-14-7-8-14/h2-6,9-10,14H,7-8H2,1H3,(H,19,22)(H2,20,21,23). The Hall–Kier alpha value is -3.09. The van der Waals surface area contributed by atoms with Gasteiger partial charge in [-0.3, -0.25) is 4.79 Å². The van der Waals surface area contributed by atoms with Crippen molar-refractivity contribution < 1.29 is 14.3 Å². The third-order valence-corrected chi connectivity index (χ3v) is 3.52. The Labute approximate surface area is 139 Å². The van der Waals surface area contributed by atoms with Crippen molar-refractivity contribution in [2.45, 2.75) is 18.9 Å². The average Bonchev–Trinajstić information content (AvgIpc) is 3.40. The summed E-state index contributed by atoms with van der Waals surface area (Å²) in [6.45, 7) is 0. The highest BCUT2D eigenvalue weighted by Gasteiger charge is 2.23. The number of carbonyl (C=O) groups excluding carboxylic acids is 2. The minimum atomic E-state index is -0.266. The second-order valence-corrected chi connectivity index (χ2v) is 5.49. The van der Waals surface area contributed by atoms with E-state index in [9.17, 15) is 9.59 Å². The zero-order valence-corrected chi connectivity index (χ0v) is 13.2. The van der Waals surface area contributed by atoms with E-state index in [1.165, 1.54) is 13.3 Å². The van der Waals surface area contributed by atoms with Crippen LogP contribution in [0, 0.1) is 0 Å². The van der Waals surface area contributed by atoms with Crippen LogP contribution in [0.3, 0.4) is 0 Å². The normalized spacial score (nSPS) is 13.0. The number of amides is 3. The van der Waals surface area contributed by atoms with Crippen LogP contribution < -0.4 is 20.7 Å². The van der Waals surface area contributed by atoms with E-state index in [2.05, 4.69) is 20.9 Å². The molecule has 1 aliphatic carbocycles. The highest BCUT2D eigenvalue weighted by atomic mass is 16.5. The molecular formula is C17H18N4O3. The van der Waals surface area contributed by atoms with Gasteiger partial charge in [0.1, 0.15) is 0 Å². The number of carbonyl (C=O) groups is 2. The Morgan fingerprint density at radius 3 is 2.25 bits per heavy atom. The number of hydrogen-bond acceptors (Lipinski definition) is 4. The molecule has 24 heavy (non-hydrogen) atoms. The summed E-state index contributed by atoms with van der Waals surface area (Å²) in [6, 6.07) is 10.3. The number of benzene rings is 1. The molecule has 0 radical (unpaired) electrons. The van der Waals surface area contributed by atoms with Gasteiger partial charge in [0.2, 0.25) is 5.88 Å². The fourth-order valence-electron chi connectivity index (χ4n) is 2.06. The molecule has 0 aliphatic heterocycles. The van der Waals surface area contributed by atoms with Crippen LogP contribution in [0.15, 0.2) is 42.6 Å². The van der Waals surface area contributed by atoms with Gasteiger partial charge >= 0.3 is 6.03 Å². The van der Waals surface area contributed by atoms with Crippen LogP contribution in [0.4, 0.5) is 16.2 Å². The molecule has 2 aromatic rings. The van der Waals surface area contributed by atoms with Crippen LogP contribution in [-0.4, -0.2) is 30.1 Å². The molecule has 1 heterocycles. The van der Waals surface area contributed by atoms with Crippen molar-refractivity contribution in [3.8, 4) is 5.88 Å². The lowest BCUT2D eigenvalue weighted by Crippen LogP contribution is -2.30. The Kier molecular flexibility index (Phi) is 4.60. The summed E-state index contributed by atoms with van der Waals surface area (Å²) in [7, 11) is 1.52. The summed E-state index contributed by atoms with van der Waals surface area (Å²) >= 11 is 0. The van der Waals surface area contributed by atoms with E-state index in [0.717, 1.165) is 12.8 Å². The molecule has 3 N–H and O–H groups in total. The SMILES string of the molecule is COc1ccc(C(=O)Nc2ccc(NC(=O)NC3CC3)cc2)cn1. The summed E-state index contributed by atoms with van der Waals surface area (Å²) in [5, 5.41) is 8.36. The van der Waals surface area contributed by atoms with Crippen LogP contribution in [-0.2, 0) is 0 Å². The summed E-state index contributed by atoms with van der Waals surface area (Å²) < 4.78 is 4.96. The van der Waals surface area contributed by atoms with Crippen molar-refractivity contribution in [3.05, 3.63) is 48.2 Å². The number of nitrogens with one attached hydrogen (secondary N) is 3. The van der Waals surface area contributed by atoms with Crippen LogP contribution in [0.25, 0.3) is 0 Å². The zero-order valence-electron chi connectivity index (χ0n) is 13.2. The molecule has 0 bridgehead atoms. The first-order valence-electron chi connectivity index (χ1n) is 7.63. The van der Waals surface area contributed by atoms with Gasteiger partial charge in [0, 0.05) is 29.7 Å². The average molecular weight is 326 g/mol. The molecule has 124 valence electrons. The minimum absolute atomic E-state index is 0.210. The molecule has 3 amide bonds. The molecule has 7 heteroatoms. The summed E-state index contributed by atoms with van der Waals surface area (Å²) in [4.78, 5) is 27.8. The number of pyridine rings is 1. The van der Waals surface area contributed by atoms with Gasteiger partial charge in [-0.05, 0) is 43.2 Å². The third kappa shape index (κ3) is 4.22. The number of aromatic nitrogens is 1. The van der Waals surface area contributed by atoms with Crippen molar-refractivity contribution in [2.24, 2.45) is 0 Å². The Morgan fingerprint density at radius 2 is 1.71 bits per heavy atom. The van der Waals surface area contributed by atoms with Gasteiger partial charge < -0.3 is 20.7 Å². The molecular weight excluding hydrogens is 308 g/mol. The Bertz CT molecular complexity index is 725. The van der Waals surface area contributed by atoms with Crippen molar-refractivity contribution >= 4 is 23.3 Å². The van der Waals surface area contributed by atoms with Gasteiger partial charge in [0.05, 0.1) is 12.7 Å². The first-order chi connectivity index (χ1) is 11.6. The highest BCUT2D eigenvalue weighted by Crippen LogP contribution is 2.19. The number of urea groups is 1. The lowest BCUT2D eigenvalue weighted by Gasteiger charge is -2.09. The maximum Gasteiger partial charge on any atom is 0.319 e. The van der Waals surface area contributed by atoms with E-state index in [4.69, 9.17) is 4.74 Å². The molecule has 7 nitrogen and oxygen atoms in total. The lowest BCUT2D eigenvalue weighted by atomic mass is 10.2. The molecule has 0 saturated heterocycles. The molecule has 1 aliphatic rings. The van der Waals surface area contributed by atoms with E-state index in [-0.39, 0.29) is 11.9 Å². The van der Waals surface area contributed by atoms with Gasteiger partial charge in [-0.2, -0.15) is 0 Å². The molecule has 1 aromatic carbocycles. The second-order valence-electron chi connectivity index (χ2n) is 5.49. The van der Waals surface area contributed by atoms with Gasteiger partial charge in [0.25, 0.3) is 5.91 Å². The topological polar surface area (TPSA) is 92.4 Å². The predicted molar refractivity (Wildman–Crippen MR) is 90.4 cm³/mol. The van der Waals surface area contributed by atoms with Crippen molar-refractivity contribution in [1.29, 1.82) is 0 Å². The van der Waals surface area contributed by atoms with Crippen LogP contribution in [0.5, 0.6) is 5.88 Å². The lowest BCUT2D eigenvalue weighted by molar-refractivity contribution is 0.102. The van der Waals surface area contributed by atoms with Crippen LogP contribution in [0.2, 0.25) is 0 Å². The van der Waals surface area contributed by atoms with E-state index < -0.39 is 0 Å². The quantitative estimate of drug-likeness (QED) is 0.787. The fraction of sp³-hybridized carbons (Fsp3) is 0.235. The molecule has 0 unspecified atom stereocenters. The number of hydrogen-bond donors (Lipinski definition) is 3. The zero-order chi connectivity index (χ0) is 16.9. The van der Waals surface area contributed by atoms with Crippen LogP contribution in [0.1, 0.15) is 23.2 Å². The maximum absolute atomic E-state index is 12.1. The second kappa shape index (κ2) is 6.99. The van der Waals surface area contributed by atoms with Crippen molar-refractivity contribution in [2.75, 3.05) is 17.7 Å². The summed E-state index contributed by atoms with van der Waals surface area (Å²) in [5.74, 6) is 0.184. The molecule has 1 saturated carbocycles.